The van der Waals surface area contributed by atoms with Crippen molar-refractivity contribution in [2.75, 3.05) is 13.2 Å². The van der Waals surface area contributed by atoms with E-state index in [0.717, 1.165) is 6.42 Å². The Morgan fingerprint density at radius 1 is 0.920 bits per heavy atom. The molecule has 0 aromatic heterocycles. The standard InChI is InChI=1S/C21H28O3Si/c1-21(2,3)25(17-10-6-4-7-11-17,18-12-8-5-9-13-18)23-15-14-19-20(16-22)24-19/h4-13,19-20,22H,14-16H2,1-3H3/t19-,20-/m1/s1. The van der Waals surface area contributed by atoms with E-state index < -0.39 is 8.32 Å². The minimum Gasteiger partial charge on any atom is -0.407 e. The molecule has 0 radical (unpaired) electrons. The fourth-order valence-electron chi connectivity index (χ4n) is 3.68. The molecule has 3 rings (SSSR count). The molecule has 25 heavy (non-hydrogen) atoms. The number of hydrogen-bond donors (Lipinski definition) is 1. The van der Waals surface area contributed by atoms with Gasteiger partial charge >= 0.3 is 0 Å². The number of epoxide rings is 1. The lowest BCUT2D eigenvalue weighted by Crippen LogP contribution is -2.66. The predicted octanol–water partition coefficient (Wildman–Crippen LogP) is 2.71. The molecular formula is C21H28O3Si. The number of hydrogen-bond acceptors (Lipinski definition) is 3. The zero-order chi connectivity index (χ0) is 17.9. The molecular weight excluding hydrogens is 328 g/mol. The molecule has 2 aromatic carbocycles. The fraction of sp³-hybridized carbons (Fsp3) is 0.429. The van der Waals surface area contributed by atoms with Crippen LogP contribution in [0.15, 0.2) is 60.7 Å². The second kappa shape index (κ2) is 7.42. The highest BCUT2D eigenvalue weighted by atomic mass is 28.4. The molecule has 0 aliphatic carbocycles. The van der Waals surface area contributed by atoms with Crippen LogP contribution in [0.2, 0.25) is 5.04 Å². The van der Waals surface area contributed by atoms with Gasteiger partial charge < -0.3 is 14.3 Å². The molecule has 2 aromatic rings. The van der Waals surface area contributed by atoms with Gasteiger partial charge in [0.05, 0.1) is 12.7 Å². The van der Waals surface area contributed by atoms with E-state index in [1.165, 1.54) is 10.4 Å². The maximum Gasteiger partial charge on any atom is 0.261 e. The Labute approximate surface area is 151 Å². The van der Waals surface area contributed by atoms with Crippen molar-refractivity contribution in [1.82, 2.24) is 0 Å². The molecule has 1 aliphatic heterocycles. The highest BCUT2D eigenvalue weighted by Crippen LogP contribution is 2.37. The summed E-state index contributed by atoms with van der Waals surface area (Å²) in [6, 6.07) is 21.3. The zero-order valence-corrected chi connectivity index (χ0v) is 16.3. The van der Waals surface area contributed by atoms with Crippen LogP contribution >= 0.6 is 0 Å². The van der Waals surface area contributed by atoms with Gasteiger partial charge in [0, 0.05) is 6.61 Å². The van der Waals surface area contributed by atoms with Gasteiger partial charge in [0.1, 0.15) is 6.10 Å². The molecule has 1 aliphatic rings. The minimum absolute atomic E-state index is 0.00255. The Kier molecular flexibility index (Phi) is 5.44. The monoisotopic (exact) mass is 356 g/mol. The van der Waals surface area contributed by atoms with E-state index in [1.807, 2.05) is 0 Å². The molecule has 0 saturated carbocycles. The van der Waals surface area contributed by atoms with Gasteiger partial charge in [0.2, 0.25) is 0 Å². The van der Waals surface area contributed by atoms with E-state index >= 15 is 0 Å². The van der Waals surface area contributed by atoms with Gasteiger partial charge in [-0.1, -0.05) is 81.4 Å². The average molecular weight is 357 g/mol. The van der Waals surface area contributed by atoms with Crippen molar-refractivity contribution in [2.24, 2.45) is 0 Å². The average Bonchev–Trinajstić information content (AvgIpc) is 3.38. The van der Waals surface area contributed by atoms with Crippen molar-refractivity contribution in [2.45, 2.75) is 44.4 Å². The summed E-state index contributed by atoms with van der Waals surface area (Å²) in [4.78, 5) is 0. The third kappa shape index (κ3) is 3.72. The van der Waals surface area contributed by atoms with Crippen LogP contribution in [0, 0.1) is 0 Å². The van der Waals surface area contributed by atoms with Crippen molar-refractivity contribution < 1.29 is 14.3 Å². The minimum atomic E-state index is -2.44. The van der Waals surface area contributed by atoms with Gasteiger partial charge in [-0.05, 0) is 21.8 Å². The van der Waals surface area contributed by atoms with Crippen LogP contribution in [0.3, 0.4) is 0 Å². The zero-order valence-electron chi connectivity index (χ0n) is 15.3. The number of aliphatic hydroxyl groups excluding tert-OH is 1. The molecule has 134 valence electrons. The second-order valence-electron chi connectivity index (χ2n) is 7.70. The van der Waals surface area contributed by atoms with Crippen LogP contribution in [0.1, 0.15) is 27.2 Å². The molecule has 0 bridgehead atoms. The Morgan fingerprint density at radius 2 is 1.44 bits per heavy atom. The smallest absolute Gasteiger partial charge is 0.261 e. The van der Waals surface area contributed by atoms with E-state index in [4.69, 9.17) is 14.3 Å². The summed E-state index contributed by atoms with van der Waals surface area (Å²) < 4.78 is 12.3. The van der Waals surface area contributed by atoms with Crippen LogP contribution in [0.25, 0.3) is 0 Å². The highest BCUT2D eigenvalue weighted by Gasteiger charge is 2.50. The van der Waals surface area contributed by atoms with Gasteiger partial charge in [0.15, 0.2) is 0 Å². The number of rotatable bonds is 7. The van der Waals surface area contributed by atoms with Crippen LogP contribution in [-0.2, 0) is 9.16 Å². The summed E-state index contributed by atoms with van der Waals surface area (Å²) in [5.74, 6) is 0. The van der Waals surface area contributed by atoms with Crippen LogP contribution < -0.4 is 10.4 Å². The Bertz CT molecular complexity index is 627. The van der Waals surface area contributed by atoms with Crippen molar-refractivity contribution in [3.05, 3.63) is 60.7 Å². The van der Waals surface area contributed by atoms with Crippen LogP contribution in [0.5, 0.6) is 0 Å². The molecule has 0 amide bonds. The topological polar surface area (TPSA) is 42.0 Å². The summed E-state index contributed by atoms with van der Waals surface area (Å²) in [6.45, 7) is 7.59. The quantitative estimate of drug-likeness (QED) is 0.613. The third-order valence-electron chi connectivity index (χ3n) is 5.01. The van der Waals surface area contributed by atoms with E-state index in [0.29, 0.717) is 6.61 Å². The third-order valence-corrected chi connectivity index (χ3v) is 10.0. The second-order valence-corrected chi connectivity index (χ2v) is 12.0. The number of aliphatic hydroxyl groups is 1. The number of ether oxygens (including phenoxy) is 1. The summed E-state index contributed by atoms with van der Waals surface area (Å²) in [5, 5.41) is 11.8. The molecule has 0 spiro atoms. The summed E-state index contributed by atoms with van der Waals surface area (Å²) >= 11 is 0. The van der Waals surface area contributed by atoms with Crippen molar-refractivity contribution in [3.63, 3.8) is 0 Å². The molecule has 4 heteroatoms. The molecule has 1 saturated heterocycles. The van der Waals surface area contributed by atoms with E-state index in [2.05, 4.69) is 81.4 Å². The summed E-state index contributed by atoms with van der Waals surface area (Å²) in [7, 11) is -2.44. The molecule has 2 atom stereocenters. The van der Waals surface area contributed by atoms with Crippen molar-refractivity contribution in [3.8, 4) is 0 Å². The van der Waals surface area contributed by atoms with Crippen molar-refractivity contribution in [1.29, 1.82) is 0 Å². The lowest BCUT2D eigenvalue weighted by atomic mass is 10.2. The summed E-state index contributed by atoms with van der Waals surface area (Å²) in [5.41, 5.74) is 0. The maximum atomic E-state index is 9.16. The lowest BCUT2D eigenvalue weighted by molar-refractivity contribution is 0.237. The SMILES string of the molecule is CC(C)(C)[Si](OCC[C@H]1O[C@@H]1CO)(c1ccccc1)c1ccccc1. The maximum absolute atomic E-state index is 9.16. The predicted molar refractivity (Wildman–Crippen MR) is 104 cm³/mol. The first-order valence-electron chi connectivity index (χ1n) is 9.00. The van der Waals surface area contributed by atoms with Crippen molar-refractivity contribution >= 4 is 18.7 Å². The van der Waals surface area contributed by atoms with Gasteiger partial charge in [-0.25, -0.2) is 0 Å². The first kappa shape index (κ1) is 18.3. The molecule has 0 unspecified atom stereocenters. The van der Waals surface area contributed by atoms with E-state index in [9.17, 15) is 0 Å². The van der Waals surface area contributed by atoms with Gasteiger partial charge in [-0.2, -0.15) is 0 Å². The van der Waals surface area contributed by atoms with Gasteiger partial charge in [0.25, 0.3) is 8.32 Å². The summed E-state index contributed by atoms with van der Waals surface area (Å²) in [6.07, 6.45) is 0.974. The van der Waals surface area contributed by atoms with Crippen LogP contribution in [0.4, 0.5) is 0 Å². The van der Waals surface area contributed by atoms with Gasteiger partial charge in [-0.3, -0.25) is 0 Å². The van der Waals surface area contributed by atoms with E-state index in [1.54, 1.807) is 0 Å². The molecule has 1 heterocycles. The molecule has 1 fully saturated rings. The lowest BCUT2D eigenvalue weighted by Gasteiger charge is -2.43. The first-order valence-corrected chi connectivity index (χ1v) is 10.9. The van der Waals surface area contributed by atoms with Crippen LogP contribution in [-0.4, -0.2) is 38.8 Å². The largest absolute Gasteiger partial charge is 0.407 e. The highest BCUT2D eigenvalue weighted by molar-refractivity contribution is 6.99. The number of benzene rings is 2. The molecule has 1 N–H and O–H groups in total. The Balaban J connectivity index is 1.94. The fourth-order valence-corrected chi connectivity index (χ4v) is 8.26. The van der Waals surface area contributed by atoms with E-state index in [-0.39, 0.29) is 23.9 Å². The van der Waals surface area contributed by atoms with Gasteiger partial charge in [-0.15, -0.1) is 0 Å². The Morgan fingerprint density at radius 3 is 1.84 bits per heavy atom. The normalized spacial score (nSPS) is 20.5. The molecule has 3 nitrogen and oxygen atoms in total. The first-order chi connectivity index (χ1) is 12.0. The Hall–Kier alpha value is -1.46.